The zero-order valence-electron chi connectivity index (χ0n) is 11.7. The lowest BCUT2D eigenvalue weighted by atomic mass is 9.61. The summed E-state index contributed by atoms with van der Waals surface area (Å²) in [4.78, 5) is 20.1. The number of rotatable bonds is 1. The molecule has 4 rings (SSSR count). The highest BCUT2D eigenvalue weighted by molar-refractivity contribution is 5.91. The van der Waals surface area contributed by atoms with Crippen molar-refractivity contribution in [1.82, 2.24) is 9.97 Å². The molecule has 22 heavy (non-hydrogen) atoms. The number of pyridine rings is 2. The second-order valence-corrected chi connectivity index (χ2v) is 6.21. The number of aromatic amines is 1. The molecule has 2 aromatic rings. The molecule has 0 spiro atoms. The Morgan fingerprint density at radius 3 is 2.86 bits per heavy atom. The first kappa shape index (κ1) is 13.6. The molecule has 4 nitrogen and oxygen atoms in total. The maximum absolute atomic E-state index is 13.4. The number of H-pyrrole nitrogens is 1. The van der Waals surface area contributed by atoms with E-state index in [1.807, 2.05) is 0 Å². The Morgan fingerprint density at radius 1 is 1.41 bits per heavy atom. The minimum Gasteiger partial charge on any atom is -0.370 e. The third-order valence-electron chi connectivity index (χ3n) is 5.16. The molecule has 7 heteroatoms. The van der Waals surface area contributed by atoms with E-state index in [0.717, 1.165) is 5.39 Å². The summed E-state index contributed by atoms with van der Waals surface area (Å²) >= 11 is 0. The van der Waals surface area contributed by atoms with Crippen LogP contribution < -0.4 is 10.5 Å². The predicted octanol–water partition coefficient (Wildman–Crippen LogP) is 2.70. The second-order valence-electron chi connectivity index (χ2n) is 6.21. The van der Waals surface area contributed by atoms with Gasteiger partial charge in [0.05, 0.1) is 22.8 Å². The summed E-state index contributed by atoms with van der Waals surface area (Å²) in [6.07, 6.45) is -0.318. The molecule has 0 amide bonds. The van der Waals surface area contributed by atoms with Gasteiger partial charge in [-0.3, -0.25) is 9.78 Å². The van der Waals surface area contributed by atoms with Crippen molar-refractivity contribution in [3.05, 3.63) is 34.9 Å². The Labute approximate surface area is 124 Å². The molecule has 3 heterocycles. The van der Waals surface area contributed by atoms with Crippen LogP contribution in [-0.2, 0) is 0 Å². The highest BCUT2D eigenvalue weighted by Gasteiger charge is 2.67. The number of nitrogens with one attached hydrogen (secondary N) is 1. The van der Waals surface area contributed by atoms with E-state index in [1.54, 1.807) is 17.2 Å². The smallest absolute Gasteiger partial charge is 0.370 e. The normalized spacial score (nSPS) is 27.8. The first-order valence-corrected chi connectivity index (χ1v) is 7.19. The standard InChI is InChI=1S/C15H14F3N3O/c16-15(17,18)14-3-1-9(14)7-21(8-14)12-5-13(22)20-11-6-19-4-2-10(11)12/h2,4-6,9H,1,3,7-8H2,(H,20,22)/t9-,14-/m0/s1. The summed E-state index contributed by atoms with van der Waals surface area (Å²) < 4.78 is 40.3. The van der Waals surface area contributed by atoms with Gasteiger partial charge in [0.25, 0.3) is 5.56 Å². The maximum Gasteiger partial charge on any atom is 0.396 e. The summed E-state index contributed by atoms with van der Waals surface area (Å²) in [5, 5.41) is 0.730. The van der Waals surface area contributed by atoms with Crippen molar-refractivity contribution in [1.29, 1.82) is 0 Å². The molecule has 1 aliphatic carbocycles. The quantitative estimate of drug-likeness (QED) is 0.881. The average molecular weight is 309 g/mol. The molecule has 0 unspecified atom stereocenters. The van der Waals surface area contributed by atoms with Crippen LogP contribution in [0, 0.1) is 11.3 Å². The van der Waals surface area contributed by atoms with Gasteiger partial charge in [-0.05, 0) is 24.8 Å². The van der Waals surface area contributed by atoms with Gasteiger partial charge in [-0.1, -0.05) is 0 Å². The molecule has 2 aliphatic rings. The van der Waals surface area contributed by atoms with Gasteiger partial charge in [0, 0.05) is 30.7 Å². The summed E-state index contributed by atoms with van der Waals surface area (Å²) in [6, 6.07) is 3.11. The van der Waals surface area contributed by atoms with Crippen LogP contribution in [0.1, 0.15) is 12.8 Å². The van der Waals surface area contributed by atoms with Crippen molar-refractivity contribution in [2.45, 2.75) is 19.0 Å². The molecular formula is C15H14F3N3O. The number of halogens is 3. The van der Waals surface area contributed by atoms with Crippen LogP contribution in [0.15, 0.2) is 29.3 Å². The lowest BCUT2D eigenvalue weighted by Gasteiger charge is -2.44. The molecule has 116 valence electrons. The van der Waals surface area contributed by atoms with Crippen molar-refractivity contribution < 1.29 is 13.2 Å². The van der Waals surface area contributed by atoms with E-state index in [0.29, 0.717) is 24.2 Å². The average Bonchev–Trinajstić information content (AvgIpc) is 2.70. The third-order valence-corrected chi connectivity index (χ3v) is 5.16. The molecule has 1 saturated heterocycles. The topological polar surface area (TPSA) is 49.0 Å². The summed E-state index contributed by atoms with van der Waals surface area (Å²) in [5.41, 5.74) is -0.810. The van der Waals surface area contributed by atoms with Gasteiger partial charge in [0.1, 0.15) is 0 Å². The molecule has 2 fully saturated rings. The number of hydrogen-bond donors (Lipinski definition) is 1. The van der Waals surface area contributed by atoms with Crippen LogP contribution in [0.3, 0.4) is 0 Å². The van der Waals surface area contributed by atoms with Gasteiger partial charge in [0.15, 0.2) is 0 Å². The van der Waals surface area contributed by atoms with E-state index in [2.05, 4.69) is 9.97 Å². The van der Waals surface area contributed by atoms with E-state index in [1.165, 1.54) is 12.3 Å². The zero-order chi connectivity index (χ0) is 15.5. The second kappa shape index (κ2) is 4.24. The fourth-order valence-corrected chi connectivity index (χ4v) is 3.84. The fourth-order valence-electron chi connectivity index (χ4n) is 3.84. The Morgan fingerprint density at radius 2 is 2.23 bits per heavy atom. The van der Waals surface area contributed by atoms with Gasteiger partial charge < -0.3 is 9.88 Å². The lowest BCUT2D eigenvalue weighted by Crippen LogP contribution is -2.51. The zero-order valence-corrected chi connectivity index (χ0v) is 11.7. The molecular weight excluding hydrogens is 295 g/mol. The maximum atomic E-state index is 13.4. The number of alkyl halides is 3. The van der Waals surface area contributed by atoms with Gasteiger partial charge in [0.2, 0.25) is 0 Å². The number of hydrogen-bond acceptors (Lipinski definition) is 3. The van der Waals surface area contributed by atoms with Crippen LogP contribution >= 0.6 is 0 Å². The van der Waals surface area contributed by atoms with Crippen molar-refractivity contribution in [2.75, 3.05) is 18.0 Å². The van der Waals surface area contributed by atoms with Gasteiger partial charge >= 0.3 is 6.18 Å². The number of anilines is 1. The largest absolute Gasteiger partial charge is 0.396 e. The number of fused-ring (bicyclic) bond motifs is 2. The predicted molar refractivity (Wildman–Crippen MR) is 75.8 cm³/mol. The van der Waals surface area contributed by atoms with Crippen LogP contribution in [-0.4, -0.2) is 29.2 Å². The summed E-state index contributed by atoms with van der Waals surface area (Å²) in [5.74, 6) is -0.372. The van der Waals surface area contributed by atoms with E-state index in [-0.39, 0.29) is 24.4 Å². The van der Waals surface area contributed by atoms with Crippen molar-refractivity contribution in [2.24, 2.45) is 11.3 Å². The van der Waals surface area contributed by atoms with E-state index in [4.69, 9.17) is 0 Å². The van der Waals surface area contributed by atoms with E-state index in [9.17, 15) is 18.0 Å². The van der Waals surface area contributed by atoms with Crippen LogP contribution in [0.4, 0.5) is 18.9 Å². The van der Waals surface area contributed by atoms with Gasteiger partial charge in [-0.25, -0.2) is 0 Å². The minimum absolute atomic E-state index is 0.0674. The van der Waals surface area contributed by atoms with E-state index < -0.39 is 11.6 Å². The highest BCUT2D eigenvalue weighted by Crippen LogP contribution is 2.61. The fraction of sp³-hybridized carbons (Fsp3) is 0.467. The monoisotopic (exact) mass is 309 g/mol. The van der Waals surface area contributed by atoms with E-state index >= 15 is 0 Å². The summed E-state index contributed by atoms with van der Waals surface area (Å²) in [7, 11) is 0. The molecule has 1 saturated carbocycles. The Balaban J connectivity index is 1.80. The lowest BCUT2D eigenvalue weighted by molar-refractivity contribution is -0.258. The SMILES string of the molecule is O=c1cc(N2C[C@@H]3CC[C@]3(C(F)(F)F)C2)c2ccncc2[nH]1. The molecule has 0 radical (unpaired) electrons. The van der Waals surface area contributed by atoms with Gasteiger partial charge in [-0.2, -0.15) is 13.2 Å². The molecule has 1 N–H and O–H groups in total. The minimum atomic E-state index is -4.19. The first-order chi connectivity index (χ1) is 10.4. The van der Waals surface area contributed by atoms with Crippen molar-refractivity contribution in [3.63, 3.8) is 0 Å². The first-order valence-electron chi connectivity index (χ1n) is 7.19. The van der Waals surface area contributed by atoms with Gasteiger partial charge in [-0.15, -0.1) is 0 Å². The third kappa shape index (κ3) is 1.71. The number of nitrogens with zero attached hydrogens (tertiary/aromatic N) is 2. The summed E-state index contributed by atoms with van der Waals surface area (Å²) in [6.45, 7) is 0.280. The van der Waals surface area contributed by atoms with Crippen LogP contribution in [0.25, 0.3) is 10.9 Å². The highest BCUT2D eigenvalue weighted by atomic mass is 19.4. The Hall–Kier alpha value is -2.05. The molecule has 0 aromatic carbocycles. The molecule has 2 aromatic heterocycles. The molecule has 0 bridgehead atoms. The molecule has 1 aliphatic heterocycles. The molecule has 2 atom stereocenters. The Kier molecular flexibility index (Phi) is 2.62. The Bertz CT molecular complexity index is 800. The van der Waals surface area contributed by atoms with Crippen LogP contribution in [0.2, 0.25) is 0 Å². The van der Waals surface area contributed by atoms with Crippen molar-refractivity contribution in [3.8, 4) is 0 Å². The number of aromatic nitrogens is 2. The van der Waals surface area contributed by atoms with Crippen molar-refractivity contribution >= 4 is 16.6 Å². The van der Waals surface area contributed by atoms with Crippen LogP contribution in [0.5, 0.6) is 0 Å².